The van der Waals surface area contributed by atoms with E-state index in [-0.39, 0.29) is 11.4 Å². The van der Waals surface area contributed by atoms with E-state index in [1.807, 2.05) is 22.5 Å². The van der Waals surface area contributed by atoms with Gasteiger partial charge >= 0.3 is 0 Å². The Balaban J connectivity index is 1.84. The highest BCUT2D eigenvalue weighted by Crippen LogP contribution is 2.42. The highest BCUT2D eigenvalue weighted by molar-refractivity contribution is 7.99. The zero-order chi connectivity index (χ0) is 13.3. The second kappa shape index (κ2) is 5.05. The monoisotopic (exact) mass is 282 g/mol. The van der Waals surface area contributed by atoms with Crippen LogP contribution in [-0.2, 0) is 4.74 Å². The summed E-state index contributed by atoms with van der Waals surface area (Å²) in [5.41, 5.74) is 5.69. The van der Waals surface area contributed by atoms with E-state index in [1.54, 1.807) is 6.20 Å². The van der Waals surface area contributed by atoms with Crippen LogP contribution >= 0.6 is 11.8 Å². The van der Waals surface area contributed by atoms with Crippen molar-refractivity contribution >= 4 is 17.6 Å². The maximum atomic E-state index is 8.82. The van der Waals surface area contributed by atoms with Crippen LogP contribution in [-0.4, -0.2) is 44.3 Å². The van der Waals surface area contributed by atoms with Crippen LogP contribution in [0.1, 0.15) is 31.1 Å². The lowest BCUT2D eigenvalue weighted by atomic mass is 9.89. The largest absolute Gasteiger partial charge is 0.409 e. The highest BCUT2D eigenvalue weighted by atomic mass is 32.2. The summed E-state index contributed by atoms with van der Waals surface area (Å²) in [6.45, 7) is 0.763. The van der Waals surface area contributed by atoms with Gasteiger partial charge in [0.2, 0.25) is 5.84 Å². The minimum absolute atomic E-state index is 0.0141. The van der Waals surface area contributed by atoms with Gasteiger partial charge in [0, 0.05) is 30.8 Å². The molecule has 2 aliphatic rings. The molecule has 1 aromatic heterocycles. The summed E-state index contributed by atoms with van der Waals surface area (Å²) in [5, 5.41) is 11.9. The first-order valence-electron chi connectivity index (χ1n) is 6.46. The average molecular weight is 282 g/mol. The molecule has 104 valence electrons. The molecule has 1 aromatic rings. The molecule has 0 saturated carbocycles. The molecule has 2 aliphatic heterocycles. The molecule has 1 spiro atoms. The van der Waals surface area contributed by atoms with Gasteiger partial charge in [0.15, 0.2) is 5.82 Å². The number of rotatable bonds is 2. The van der Waals surface area contributed by atoms with Crippen LogP contribution < -0.4 is 5.73 Å². The summed E-state index contributed by atoms with van der Waals surface area (Å²) in [6.07, 6.45) is 6.62. The topological polar surface area (TPSA) is 85.7 Å². The first-order chi connectivity index (χ1) is 9.24. The summed E-state index contributed by atoms with van der Waals surface area (Å²) >= 11 is 1.96. The first-order valence-corrected chi connectivity index (χ1v) is 7.62. The average Bonchev–Trinajstić information content (AvgIpc) is 3.07. The van der Waals surface area contributed by atoms with E-state index in [0.29, 0.717) is 11.9 Å². The number of nitrogens with two attached hydrogens (primary N) is 1. The van der Waals surface area contributed by atoms with Gasteiger partial charge in [0.05, 0.1) is 5.60 Å². The predicted molar refractivity (Wildman–Crippen MR) is 73.6 cm³/mol. The molecule has 2 unspecified atom stereocenters. The molecule has 6 nitrogen and oxygen atoms in total. The summed E-state index contributed by atoms with van der Waals surface area (Å²) in [6, 6.07) is 0.310. The van der Waals surface area contributed by atoms with Crippen LogP contribution in [0.25, 0.3) is 0 Å². The summed E-state index contributed by atoms with van der Waals surface area (Å²) < 4.78 is 8.03. The minimum atomic E-state index is 0.0141. The quantitative estimate of drug-likeness (QED) is 0.368. The Morgan fingerprint density at radius 2 is 2.58 bits per heavy atom. The summed E-state index contributed by atoms with van der Waals surface area (Å²) in [4.78, 5) is 4.18. The van der Waals surface area contributed by atoms with Crippen molar-refractivity contribution in [2.24, 2.45) is 10.9 Å². The van der Waals surface area contributed by atoms with E-state index in [1.165, 1.54) is 5.75 Å². The molecule has 2 fully saturated rings. The Hall–Kier alpha value is -1.21. The standard InChI is InChI=1S/C12H18N4O2S/c13-10(15-17)11-14-3-4-16(11)9-1-5-18-12(7-9)2-6-19-8-12/h3-4,9,17H,1-2,5-8H2,(H2,13,15). The normalized spacial score (nSPS) is 32.0. The third kappa shape index (κ3) is 2.32. The molecule has 2 saturated heterocycles. The molecular weight excluding hydrogens is 264 g/mol. The smallest absolute Gasteiger partial charge is 0.206 e. The number of amidine groups is 1. The number of hydrogen-bond donors (Lipinski definition) is 2. The molecule has 0 radical (unpaired) electrons. The van der Waals surface area contributed by atoms with Crippen molar-refractivity contribution in [1.29, 1.82) is 0 Å². The second-order valence-electron chi connectivity index (χ2n) is 5.12. The van der Waals surface area contributed by atoms with Crippen molar-refractivity contribution in [2.75, 3.05) is 18.1 Å². The third-order valence-electron chi connectivity index (χ3n) is 3.93. The van der Waals surface area contributed by atoms with Gasteiger partial charge in [-0.2, -0.15) is 11.8 Å². The summed E-state index contributed by atoms with van der Waals surface area (Å²) in [7, 11) is 0. The molecule has 3 rings (SSSR count). The van der Waals surface area contributed by atoms with E-state index in [9.17, 15) is 0 Å². The Kier molecular flexibility index (Phi) is 3.40. The number of ether oxygens (including phenoxy) is 1. The van der Waals surface area contributed by atoms with Crippen LogP contribution in [0.15, 0.2) is 17.5 Å². The van der Waals surface area contributed by atoms with E-state index in [0.717, 1.165) is 31.6 Å². The van der Waals surface area contributed by atoms with E-state index in [4.69, 9.17) is 15.7 Å². The zero-order valence-electron chi connectivity index (χ0n) is 10.7. The third-order valence-corrected chi connectivity index (χ3v) is 5.16. The second-order valence-corrected chi connectivity index (χ2v) is 6.23. The molecule has 3 heterocycles. The van der Waals surface area contributed by atoms with Crippen LogP contribution in [0.3, 0.4) is 0 Å². The number of hydrogen-bond acceptors (Lipinski definition) is 5. The van der Waals surface area contributed by atoms with Crippen molar-refractivity contribution in [3.8, 4) is 0 Å². The molecule has 0 aromatic carbocycles. The fraction of sp³-hybridized carbons (Fsp3) is 0.667. The van der Waals surface area contributed by atoms with E-state index in [2.05, 4.69) is 10.1 Å². The van der Waals surface area contributed by atoms with Gasteiger partial charge in [0.25, 0.3) is 0 Å². The first kappa shape index (κ1) is 12.8. The van der Waals surface area contributed by atoms with Crippen LogP contribution in [0.4, 0.5) is 0 Å². The van der Waals surface area contributed by atoms with E-state index >= 15 is 0 Å². The fourth-order valence-corrected chi connectivity index (χ4v) is 4.33. The lowest BCUT2D eigenvalue weighted by molar-refractivity contribution is -0.0762. The molecule has 0 bridgehead atoms. The molecule has 3 N–H and O–H groups in total. The lowest BCUT2D eigenvalue weighted by Crippen LogP contribution is -2.41. The van der Waals surface area contributed by atoms with Gasteiger partial charge in [-0.25, -0.2) is 4.98 Å². The van der Waals surface area contributed by atoms with Gasteiger partial charge in [-0.05, 0) is 25.0 Å². The number of imidazole rings is 1. The number of aromatic nitrogens is 2. The van der Waals surface area contributed by atoms with Crippen LogP contribution in [0.2, 0.25) is 0 Å². The van der Waals surface area contributed by atoms with Crippen molar-refractivity contribution in [2.45, 2.75) is 30.9 Å². The summed E-state index contributed by atoms with van der Waals surface area (Å²) in [5.74, 6) is 2.84. The Bertz CT molecular complexity index is 482. The van der Waals surface area contributed by atoms with Gasteiger partial charge in [-0.1, -0.05) is 5.16 Å². The zero-order valence-corrected chi connectivity index (χ0v) is 11.5. The Morgan fingerprint density at radius 3 is 3.32 bits per heavy atom. The number of thioether (sulfide) groups is 1. The van der Waals surface area contributed by atoms with E-state index < -0.39 is 0 Å². The van der Waals surface area contributed by atoms with Crippen molar-refractivity contribution in [1.82, 2.24) is 9.55 Å². The number of nitrogens with zero attached hydrogens (tertiary/aromatic N) is 3. The maximum Gasteiger partial charge on any atom is 0.206 e. The molecule has 19 heavy (non-hydrogen) atoms. The number of oxime groups is 1. The van der Waals surface area contributed by atoms with Crippen molar-refractivity contribution < 1.29 is 9.94 Å². The lowest BCUT2D eigenvalue weighted by Gasteiger charge is -2.38. The van der Waals surface area contributed by atoms with Gasteiger partial charge in [-0.3, -0.25) is 0 Å². The Morgan fingerprint density at radius 1 is 1.68 bits per heavy atom. The molecule has 7 heteroatoms. The molecular formula is C12H18N4O2S. The Labute approximate surface area is 116 Å². The maximum absolute atomic E-state index is 8.82. The van der Waals surface area contributed by atoms with Crippen LogP contribution in [0, 0.1) is 0 Å². The van der Waals surface area contributed by atoms with Crippen LogP contribution in [0.5, 0.6) is 0 Å². The van der Waals surface area contributed by atoms with Gasteiger partial charge in [0.1, 0.15) is 0 Å². The molecule has 2 atom stereocenters. The predicted octanol–water partition coefficient (Wildman–Crippen LogP) is 1.20. The molecule has 0 amide bonds. The van der Waals surface area contributed by atoms with Gasteiger partial charge in [-0.15, -0.1) is 0 Å². The van der Waals surface area contributed by atoms with Crippen molar-refractivity contribution in [3.63, 3.8) is 0 Å². The van der Waals surface area contributed by atoms with Gasteiger partial charge < -0.3 is 20.2 Å². The highest BCUT2D eigenvalue weighted by Gasteiger charge is 2.41. The molecule has 0 aliphatic carbocycles. The minimum Gasteiger partial charge on any atom is -0.409 e. The SMILES string of the molecule is NC(=NO)c1nccn1C1CCOC2(CCSC2)C1. The van der Waals surface area contributed by atoms with Crippen molar-refractivity contribution in [3.05, 3.63) is 18.2 Å². The fourth-order valence-electron chi connectivity index (χ4n) is 2.95.